The molecule has 0 saturated heterocycles. The van der Waals surface area contributed by atoms with Crippen LogP contribution in [0.1, 0.15) is 316 Å². The van der Waals surface area contributed by atoms with E-state index in [-0.39, 0.29) is 31.6 Å². The Balaban J connectivity index is 4.28. The average Bonchev–Trinajstić information content (AvgIpc) is 3.39. The molecule has 1 unspecified atom stereocenters. The Hall–Kier alpha value is -3.15. The third-order valence-corrected chi connectivity index (χ3v) is 13.7. The van der Waals surface area contributed by atoms with Gasteiger partial charge in [-0.1, -0.05) is 299 Å². The maximum atomic E-state index is 12.8. The number of rotatable bonds is 57. The van der Waals surface area contributed by atoms with Crippen LogP contribution in [-0.4, -0.2) is 37.2 Å². The van der Waals surface area contributed by atoms with Gasteiger partial charge in [0, 0.05) is 12.8 Å². The molecule has 0 aliphatic heterocycles. The van der Waals surface area contributed by atoms with E-state index < -0.39 is 12.1 Å². The Morgan fingerprint density at radius 2 is 0.575 bits per heavy atom. The molecule has 0 N–H and O–H groups in total. The van der Waals surface area contributed by atoms with Crippen LogP contribution in [0.3, 0.4) is 0 Å². The Morgan fingerprint density at radius 3 is 0.890 bits per heavy atom. The summed E-state index contributed by atoms with van der Waals surface area (Å²) in [6.45, 7) is 6.47. The van der Waals surface area contributed by atoms with Crippen molar-refractivity contribution in [1.82, 2.24) is 0 Å². The maximum absolute atomic E-state index is 12.8. The monoisotopic (exact) mass is 1020 g/mol. The molecular weight excluding hydrogens is 901 g/mol. The van der Waals surface area contributed by atoms with Crippen molar-refractivity contribution in [2.45, 2.75) is 322 Å². The second-order valence-electron chi connectivity index (χ2n) is 21.0. The van der Waals surface area contributed by atoms with E-state index in [0.717, 1.165) is 70.6 Å². The zero-order valence-corrected chi connectivity index (χ0v) is 48.4. The highest BCUT2D eigenvalue weighted by molar-refractivity contribution is 5.72. The summed E-state index contributed by atoms with van der Waals surface area (Å²) in [6.07, 6.45) is 79.5. The Morgan fingerprint density at radius 1 is 0.301 bits per heavy atom. The Kier molecular flexibility index (Phi) is 58.7. The van der Waals surface area contributed by atoms with Gasteiger partial charge in [0.2, 0.25) is 0 Å². The normalized spacial score (nSPS) is 12.5. The minimum atomic E-state index is -0.827. The van der Waals surface area contributed by atoms with Crippen LogP contribution in [0.25, 0.3) is 0 Å². The maximum Gasteiger partial charge on any atom is 0.310 e. The molecule has 0 rings (SSSR count). The van der Waals surface area contributed by atoms with Crippen LogP contribution in [0.5, 0.6) is 0 Å². The van der Waals surface area contributed by atoms with E-state index in [9.17, 15) is 14.4 Å². The van der Waals surface area contributed by atoms with Crippen molar-refractivity contribution in [3.05, 3.63) is 72.9 Å². The smallest absolute Gasteiger partial charge is 0.310 e. The molecule has 0 bridgehead atoms. The van der Waals surface area contributed by atoms with E-state index in [1.807, 2.05) is 6.08 Å². The largest absolute Gasteiger partial charge is 0.462 e. The zero-order chi connectivity index (χ0) is 52.9. The molecule has 0 amide bonds. The van der Waals surface area contributed by atoms with E-state index >= 15 is 0 Å². The molecular formula is C67H118O6. The highest BCUT2D eigenvalue weighted by atomic mass is 16.6. The van der Waals surface area contributed by atoms with Crippen molar-refractivity contribution >= 4 is 17.9 Å². The lowest BCUT2D eigenvalue weighted by molar-refractivity contribution is -0.166. The summed E-state index contributed by atoms with van der Waals surface area (Å²) in [5.41, 5.74) is 0. The summed E-state index contributed by atoms with van der Waals surface area (Å²) in [5.74, 6) is -1.03. The van der Waals surface area contributed by atoms with E-state index in [1.165, 1.54) is 205 Å². The van der Waals surface area contributed by atoms with Crippen LogP contribution >= 0.6 is 0 Å². The fourth-order valence-corrected chi connectivity index (χ4v) is 9.05. The molecule has 0 aromatic heterocycles. The summed E-state index contributed by atoms with van der Waals surface area (Å²) in [4.78, 5) is 38.1. The van der Waals surface area contributed by atoms with Crippen LogP contribution < -0.4 is 0 Å². The van der Waals surface area contributed by atoms with Crippen molar-refractivity contribution < 1.29 is 28.6 Å². The summed E-state index contributed by atoms with van der Waals surface area (Å²) < 4.78 is 16.8. The van der Waals surface area contributed by atoms with E-state index in [0.29, 0.717) is 12.8 Å². The molecule has 0 aromatic rings. The number of esters is 3. The predicted octanol–water partition coefficient (Wildman–Crippen LogP) is 21.3. The van der Waals surface area contributed by atoms with Gasteiger partial charge < -0.3 is 14.2 Å². The number of unbranched alkanes of at least 4 members (excludes halogenated alkanes) is 35. The first-order chi connectivity index (χ1) is 36.0. The molecule has 422 valence electrons. The first-order valence-electron chi connectivity index (χ1n) is 31.4. The van der Waals surface area contributed by atoms with Crippen LogP contribution in [0.2, 0.25) is 0 Å². The topological polar surface area (TPSA) is 78.9 Å². The van der Waals surface area contributed by atoms with Crippen LogP contribution in [-0.2, 0) is 28.6 Å². The van der Waals surface area contributed by atoms with Gasteiger partial charge in [0.1, 0.15) is 13.2 Å². The first kappa shape index (κ1) is 69.8. The standard InChI is InChI=1S/C67H118O6/c1-4-7-10-13-16-19-22-25-27-28-29-30-31-32-33-34-35-36-37-38-40-42-45-48-51-54-57-60-66(69)72-63-64(62-71-65(68)59-56-53-50-47-44-41-24-21-18-15-12-9-6-3)73-67(70)61-58-55-52-49-46-43-39-26-23-20-17-14-11-8-5-2/h8,11,17,20,26,28-29,39,46,49,55,58,64H,4-7,9-10,12-16,18-19,21-25,27,30-38,40-45,47-48,50-54,56-57,59-63H2,1-3H3/b11-8-,20-17-,29-28-,39-26-,49-46-,58-55-. The molecule has 6 nitrogen and oxygen atoms in total. The fourth-order valence-electron chi connectivity index (χ4n) is 9.05. The summed E-state index contributed by atoms with van der Waals surface area (Å²) in [7, 11) is 0. The van der Waals surface area contributed by atoms with Crippen molar-refractivity contribution in [3.8, 4) is 0 Å². The minimum absolute atomic E-state index is 0.100. The van der Waals surface area contributed by atoms with Crippen molar-refractivity contribution in [3.63, 3.8) is 0 Å². The van der Waals surface area contributed by atoms with Gasteiger partial charge in [-0.3, -0.25) is 14.4 Å². The average molecular weight is 1020 g/mol. The summed E-state index contributed by atoms with van der Waals surface area (Å²) in [5, 5.41) is 0. The highest BCUT2D eigenvalue weighted by Gasteiger charge is 2.19. The lowest BCUT2D eigenvalue weighted by atomic mass is 10.0. The molecule has 0 aliphatic carbocycles. The molecule has 0 heterocycles. The fraction of sp³-hybridized carbons (Fsp3) is 0.776. The quantitative estimate of drug-likeness (QED) is 0.0261. The van der Waals surface area contributed by atoms with Gasteiger partial charge in [-0.05, 0) is 70.6 Å². The summed E-state index contributed by atoms with van der Waals surface area (Å²) in [6, 6.07) is 0. The molecule has 0 saturated carbocycles. The third kappa shape index (κ3) is 59.6. The highest BCUT2D eigenvalue weighted by Crippen LogP contribution is 2.17. The van der Waals surface area contributed by atoms with Crippen molar-refractivity contribution in [1.29, 1.82) is 0 Å². The lowest BCUT2D eigenvalue weighted by Gasteiger charge is -2.18. The van der Waals surface area contributed by atoms with E-state index in [2.05, 4.69) is 81.5 Å². The number of hydrogen-bond acceptors (Lipinski definition) is 6. The molecule has 0 spiro atoms. The van der Waals surface area contributed by atoms with Crippen LogP contribution in [0, 0.1) is 0 Å². The molecule has 0 aliphatic rings. The second-order valence-corrected chi connectivity index (χ2v) is 21.0. The number of hydrogen-bond donors (Lipinski definition) is 0. The van der Waals surface area contributed by atoms with Crippen LogP contribution in [0.4, 0.5) is 0 Å². The molecule has 73 heavy (non-hydrogen) atoms. The number of carbonyl (C=O) groups excluding carboxylic acids is 3. The molecule has 0 fully saturated rings. The van der Waals surface area contributed by atoms with Crippen LogP contribution in [0.15, 0.2) is 72.9 Å². The second kappa shape index (κ2) is 61.4. The molecule has 6 heteroatoms. The molecule has 0 aromatic carbocycles. The van der Waals surface area contributed by atoms with E-state index in [1.54, 1.807) is 6.08 Å². The van der Waals surface area contributed by atoms with Gasteiger partial charge in [0.15, 0.2) is 6.10 Å². The van der Waals surface area contributed by atoms with Gasteiger partial charge >= 0.3 is 17.9 Å². The number of carbonyl (C=O) groups is 3. The van der Waals surface area contributed by atoms with Gasteiger partial charge in [0.05, 0.1) is 6.42 Å². The number of allylic oxidation sites excluding steroid dienone is 11. The summed E-state index contributed by atoms with van der Waals surface area (Å²) >= 11 is 0. The lowest BCUT2D eigenvalue weighted by Crippen LogP contribution is -2.30. The Labute approximate surface area is 453 Å². The number of ether oxygens (including phenoxy) is 3. The Bertz CT molecular complexity index is 1360. The minimum Gasteiger partial charge on any atom is -0.462 e. The van der Waals surface area contributed by atoms with Gasteiger partial charge in [0.25, 0.3) is 0 Å². The molecule has 1 atom stereocenters. The molecule has 0 radical (unpaired) electrons. The van der Waals surface area contributed by atoms with Crippen molar-refractivity contribution in [2.24, 2.45) is 0 Å². The van der Waals surface area contributed by atoms with Gasteiger partial charge in [-0.15, -0.1) is 0 Å². The SMILES string of the molecule is CC/C=C\C/C=C\C/C=C\C/C=C\C/C=C\CC(=O)OC(COC(=O)CCCCCCCCCCCCCCC)COC(=O)CCCCCCCCCCCCCCCCC/C=C\CCCCCCCCCC. The third-order valence-electron chi connectivity index (χ3n) is 13.7. The van der Waals surface area contributed by atoms with E-state index in [4.69, 9.17) is 14.2 Å². The van der Waals surface area contributed by atoms with Gasteiger partial charge in [-0.2, -0.15) is 0 Å². The van der Waals surface area contributed by atoms with Crippen molar-refractivity contribution in [2.75, 3.05) is 13.2 Å². The predicted molar refractivity (Wildman–Crippen MR) is 316 cm³/mol. The van der Waals surface area contributed by atoms with Gasteiger partial charge in [-0.25, -0.2) is 0 Å². The first-order valence-corrected chi connectivity index (χ1v) is 31.4. The zero-order valence-electron chi connectivity index (χ0n) is 48.4.